The summed E-state index contributed by atoms with van der Waals surface area (Å²) in [6, 6.07) is 18.9. The number of para-hydroxylation sites is 2. The third kappa shape index (κ3) is 4.97. The highest BCUT2D eigenvalue weighted by atomic mass is 16.5. The third-order valence-electron chi connectivity index (χ3n) is 5.93. The number of methoxy groups -OCH3 is 1. The van der Waals surface area contributed by atoms with Crippen LogP contribution in [0.1, 0.15) is 30.0 Å². The molecule has 0 radical (unpaired) electrons. The van der Waals surface area contributed by atoms with Crippen molar-refractivity contribution in [2.75, 3.05) is 33.8 Å². The molecule has 0 aliphatic carbocycles. The third-order valence-corrected chi connectivity index (χ3v) is 5.93. The SMILES string of the molecule is CN=C(NCc1cccc2cccnc12)NCC(c1ccccc1OC)N1CCCC1. The number of guanidine groups is 1. The van der Waals surface area contributed by atoms with E-state index in [1.807, 2.05) is 31.4 Å². The van der Waals surface area contributed by atoms with E-state index in [1.54, 1.807) is 7.11 Å². The molecule has 1 unspecified atom stereocenters. The lowest BCUT2D eigenvalue weighted by atomic mass is 10.0. The number of aliphatic imine (C=N–C) groups is 1. The molecular formula is C25H31N5O. The van der Waals surface area contributed by atoms with Crippen LogP contribution in [-0.4, -0.2) is 49.6 Å². The van der Waals surface area contributed by atoms with Gasteiger partial charge in [0.2, 0.25) is 0 Å². The second-order valence-corrected chi connectivity index (χ2v) is 7.80. The van der Waals surface area contributed by atoms with Crippen LogP contribution in [0.5, 0.6) is 5.75 Å². The first-order chi connectivity index (χ1) is 15.3. The Morgan fingerprint density at radius 2 is 1.87 bits per heavy atom. The highest BCUT2D eigenvalue weighted by molar-refractivity contribution is 5.83. The number of hydrogen-bond acceptors (Lipinski definition) is 4. The summed E-state index contributed by atoms with van der Waals surface area (Å²) in [5, 5.41) is 8.14. The van der Waals surface area contributed by atoms with E-state index in [0.717, 1.165) is 47.8 Å². The zero-order chi connectivity index (χ0) is 21.5. The first-order valence-electron chi connectivity index (χ1n) is 10.9. The number of fused-ring (bicyclic) bond motifs is 1. The molecule has 1 fully saturated rings. The van der Waals surface area contributed by atoms with Gasteiger partial charge in [0.05, 0.1) is 18.7 Å². The fourth-order valence-electron chi connectivity index (χ4n) is 4.33. The van der Waals surface area contributed by atoms with Gasteiger partial charge in [-0.15, -0.1) is 0 Å². The summed E-state index contributed by atoms with van der Waals surface area (Å²) < 4.78 is 5.66. The summed E-state index contributed by atoms with van der Waals surface area (Å²) in [6.07, 6.45) is 4.33. The number of pyridine rings is 1. The maximum atomic E-state index is 5.66. The lowest BCUT2D eigenvalue weighted by molar-refractivity contribution is 0.239. The molecule has 162 valence electrons. The van der Waals surface area contributed by atoms with Crippen molar-refractivity contribution in [3.63, 3.8) is 0 Å². The Labute approximate surface area is 184 Å². The van der Waals surface area contributed by atoms with Gasteiger partial charge in [-0.3, -0.25) is 14.9 Å². The summed E-state index contributed by atoms with van der Waals surface area (Å²) in [5.41, 5.74) is 3.40. The van der Waals surface area contributed by atoms with Crippen LogP contribution in [0.4, 0.5) is 0 Å². The van der Waals surface area contributed by atoms with Gasteiger partial charge in [0.25, 0.3) is 0 Å². The summed E-state index contributed by atoms with van der Waals surface area (Å²) >= 11 is 0. The first kappa shape index (κ1) is 21.1. The number of aromatic nitrogens is 1. The quantitative estimate of drug-likeness (QED) is 0.453. The molecule has 1 atom stereocenters. The van der Waals surface area contributed by atoms with Gasteiger partial charge in [-0.1, -0.05) is 42.5 Å². The fraction of sp³-hybridized carbons (Fsp3) is 0.360. The monoisotopic (exact) mass is 417 g/mol. The Morgan fingerprint density at radius 3 is 2.68 bits per heavy atom. The minimum absolute atomic E-state index is 0.233. The number of nitrogens with one attached hydrogen (secondary N) is 2. The van der Waals surface area contributed by atoms with E-state index in [1.165, 1.54) is 18.4 Å². The van der Waals surface area contributed by atoms with E-state index in [-0.39, 0.29) is 6.04 Å². The summed E-state index contributed by atoms with van der Waals surface area (Å²) in [6.45, 7) is 3.64. The van der Waals surface area contributed by atoms with Gasteiger partial charge >= 0.3 is 0 Å². The van der Waals surface area contributed by atoms with E-state index >= 15 is 0 Å². The molecule has 3 aromatic rings. The molecule has 4 rings (SSSR count). The Hall–Kier alpha value is -3.12. The van der Waals surface area contributed by atoms with Crippen molar-refractivity contribution in [3.8, 4) is 5.75 Å². The molecule has 1 saturated heterocycles. The number of nitrogens with zero attached hydrogens (tertiary/aromatic N) is 3. The van der Waals surface area contributed by atoms with Crippen molar-refractivity contribution in [2.45, 2.75) is 25.4 Å². The molecule has 31 heavy (non-hydrogen) atoms. The van der Waals surface area contributed by atoms with Gasteiger partial charge in [-0.25, -0.2) is 0 Å². The molecule has 2 heterocycles. The largest absolute Gasteiger partial charge is 0.496 e. The highest BCUT2D eigenvalue weighted by Gasteiger charge is 2.26. The Morgan fingerprint density at radius 1 is 1.06 bits per heavy atom. The summed E-state index contributed by atoms with van der Waals surface area (Å²) in [7, 11) is 3.55. The maximum absolute atomic E-state index is 5.66. The van der Waals surface area contributed by atoms with Crippen LogP contribution in [0.15, 0.2) is 65.8 Å². The van der Waals surface area contributed by atoms with Crippen LogP contribution in [0.3, 0.4) is 0 Å². The molecule has 0 amide bonds. The molecule has 6 nitrogen and oxygen atoms in total. The van der Waals surface area contributed by atoms with Crippen LogP contribution in [0.25, 0.3) is 10.9 Å². The van der Waals surface area contributed by atoms with E-state index in [0.29, 0.717) is 6.54 Å². The molecule has 1 aromatic heterocycles. The number of ether oxygens (including phenoxy) is 1. The van der Waals surface area contributed by atoms with Gasteiger partial charge in [-0.2, -0.15) is 0 Å². The number of rotatable bonds is 7. The van der Waals surface area contributed by atoms with Crippen LogP contribution in [-0.2, 0) is 6.54 Å². The molecular weight excluding hydrogens is 386 g/mol. The Balaban J connectivity index is 1.45. The Bertz CT molecular complexity index is 1020. The number of likely N-dealkylation sites (tertiary alicyclic amines) is 1. The van der Waals surface area contributed by atoms with Gasteiger partial charge < -0.3 is 15.4 Å². The van der Waals surface area contributed by atoms with Gasteiger partial charge in [0, 0.05) is 37.3 Å². The van der Waals surface area contributed by atoms with Gasteiger partial charge in [0.1, 0.15) is 5.75 Å². The second-order valence-electron chi connectivity index (χ2n) is 7.80. The van der Waals surface area contributed by atoms with Crippen LogP contribution in [0, 0.1) is 0 Å². The summed E-state index contributed by atoms with van der Waals surface area (Å²) in [4.78, 5) is 11.5. The fourth-order valence-corrected chi connectivity index (χ4v) is 4.33. The number of benzene rings is 2. The smallest absolute Gasteiger partial charge is 0.191 e. The molecule has 1 aliphatic rings. The number of hydrogen-bond donors (Lipinski definition) is 2. The van der Waals surface area contributed by atoms with Gasteiger partial charge in [0.15, 0.2) is 5.96 Å². The van der Waals surface area contributed by atoms with Crippen LogP contribution < -0.4 is 15.4 Å². The second kappa shape index (κ2) is 10.3. The normalized spacial score (nSPS) is 15.7. The average molecular weight is 418 g/mol. The maximum Gasteiger partial charge on any atom is 0.191 e. The topological polar surface area (TPSA) is 61.8 Å². The minimum atomic E-state index is 0.233. The first-order valence-corrected chi connectivity index (χ1v) is 10.9. The highest BCUT2D eigenvalue weighted by Crippen LogP contribution is 2.31. The van der Waals surface area contributed by atoms with Crippen LogP contribution >= 0.6 is 0 Å². The van der Waals surface area contributed by atoms with E-state index in [9.17, 15) is 0 Å². The molecule has 2 N–H and O–H groups in total. The predicted molar refractivity (Wildman–Crippen MR) is 126 cm³/mol. The van der Waals surface area contributed by atoms with Crippen molar-refractivity contribution in [1.29, 1.82) is 0 Å². The van der Waals surface area contributed by atoms with Gasteiger partial charge in [-0.05, 0) is 43.6 Å². The average Bonchev–Trinajstić information content (AvgIpc) is 3.36. The lowest BCUT2D eigenvalue weighted by Crippen LogP contribution is -2.42. The predicted octanol–water partition coefficient (Wildman–Crippen LogP) is 3.75. The molecule has 0 spiro atoms. The van der Waals surface area contributed by atoms with Crippen molar-refractivity contribution in [1.82, 2.24) is 20.5 Å². The molecule has 2 aromatic carbocycles. The molecule has 0 saturated carbocycles. The minimum Gasteiger partial charge on any atom is -0.496 e. The van der Waals surface area contributed by atoms with E-state index in [4.69, 9.17) is 4.74 Å². The lowest BCUT2D eigenvalue weighted by Gasteiger charge is -2.30. The van der Waals surface area contributed by atoms with E-state index < -0.39 is 0 Å². The standard InChI is InChI=1S/C25H31N5O/c1-26-25(28-17-20-10-7-9-19-11-8-14-27-24(19)20)29-18-22(30-15-5-6-16-30)21-12-3-4-13-23(21)31-2/h3-4,7-14,22H,5-6,15-18H2,1-2H3,(H2,26,28,29). The van der Waals surface area contributed by atoms with Crippen molar-refractivity contribution >= 4 is 16.9 Å². The van der Waals surface area contributed by atoms with E-state index in [2.05, 4.69) is 61.9 Å². The van der Waals surface area contributed by atoms with Crippen molar-refractivity contribution < 1.29 is 4.74 Å². The Kier molecular flexibility index (Phi) is 6.99. The zero-order valence-electron chi connectivity index (χ0n) is 18.3. The molecule has 0 bridgehead atoms. The summed E-state index contributed by atoms with van der Waals surface area (Å²) in [5.74, 6) is 1.72. The van der Waals surface area contributed by atoms with Crippen molar-refractivity contribution in [3.05, 3.63) is 71.9 Å². The van der Waals surface area contributed by atoms with Crippen LogP contribution in [0.2, 0.25) is 0 Å². The molecule has 1 aliphatic heterocycles. The molecule has 6 heteroatoms. The van der Waals surface area contributed by atoms with Crippen molar-refractivity contribution in [2.24, 2.45) is 4.99 Å². The zero-order valence-corrected chi connectivity index (χ0v) is 18.3.